The second-order valence-corrected chi connectivity index (χ2v) is 7.07. The van der Waals surface area contributed by atoms with E-state index in [1.807, 2.05) is 24.3 Å². The molecule has 2 heterocycles. The zero-order valence-corrected chi connectivity index (χ0v) is 16.9. The van der Waals surface area contributed by atoms with Crippen molar-refractivity contribution in [2.75, 3.05) is 40.0 Å². The highest BCUT2D eigenvalue weighted by atomic mass is 16.5. The molecule has 0 amide bonds. The van der Waals surface area contributed by atoms with Gasteiger partial charge >= 0.3 is 0 Å². The van der Waals surface area contributed by atoms with Crippen LogP contribution in [-0.2, 0) is 16.6 Å². The maximum atomic E-state index is 5.64. The Kier molecular flexibility index (Phi) is 7.37. The second-order valence-electron chi connectivity index (χ2n) is 7.07. The first kappa shape index (κ1) is 20.3. The van der Waals surface area contributed by atoms with Crippen molar-refractivity contribution in [1.82, 2.24) is 10.6 Å². The number of guanidine groups is 1. The summed E-state index contributed by atoms with van der Waals surface area (Å²) >= 11 is 0. The number of nitrogens with zero attached hydrogens (tertiary/aromatic N) is 1. The van der Waals surface area contributed by atoms with Crippen LogP contribution in [0.2, 0.25) is 0 Å². The summed E-state index contributed by atoms with van der Waals surface area (Å²) in [4.78, 5) is 4.92. The fraction of sp³-hybridized carbons (Fsp3) is 0.500. The van der Waals surface area contributed by atoms with Crippen LogP contribution < -0.4 is 15.4 Å². The molecule has 1 aliphatic heterocycles. The fourth-order valence-electron chi connectivity index (χ4n) is 3.58. The summed E-state index contributed by atoms with van der Waals surface area (Å²) in [7, 11) is 1.70. The van der Waals surface area contributed by atoms with Crippen molar-refractivity contribution in [1.29, 1.82) is 0 Å². The highest BCUT2D eigenvalue weighted by molar-refractivity contribution is 5.79. The van der Waals surface area contributed by atoms with Crippen LogP contribution in [0.3, 0.4) is 0 Å². The molecule has 0 aliphatic carbocycles. The lowest BCUT2D eigenvalue weighted by atomic mass is 9.74. The van der Waals surface area contributed by atoms with E-state index in [4.69, 9.17) is 18.9 Å². The zero-order valence-electron chi connectivity index (χ0n) is 16.9. The van der Waals surface area contributed by atoms with Gasteiger partial charge in [-0.25, -0.2) is 0 Å². The molecule has 0 unspecified atom stereocenters. The topological polar surface area (TPSA) is 68.0 Å². The van der Waals surface area contributed by atoms with E-state index in [2.05, 4.69) is 29.7 Å². The van der Waals surface area contributed by atoms with Gasteiger partial charge in [-0.1, -0.05) is 12.1 Å². The van der Waals surface area contributed by atoms with Gasteiger partial charge in [0.25, 0.3) is 0 Å². The largest absolute Gasteiger partial charge is 0.497 e. The lowest BCUT2D eigenvalue weighted by molar-refractivity contribution is 0.0531. The van der Waals surface area contributed by atoms with E-state index in [1.165, 1.54) is 5.56 Å². The summed E-state index contributed by atoms with van der Waals surface area (Å²) in [5.74, 6) is 2.69. The van der Waals surface area contributed by atoms with Crippen molar-refractivity contribution in [3.8, 4) is 5.75 Å². The average Bonchev–Trinajstić information content (AvgIpc) is 3.26. The molecule has 152 valence electrons. The van der Waals surface area contributed by atoms with E-state index in [9.17, 15) is 0 Å². The third kappa shape index (κ3) is 5.29. The number of nitrogens with one attached hydrogen (secondary N) is 2. The highest BCUT2D eigenvalue weighted by Crippen LogP contribution is 2.36. The van der Waals surface area contributed by atoms with Gasteiger partial charge in [-0.15, -0.1) is 0 Å². The molecule has 28 heavy (non-hydrogen) atoms. The molecule has 6 nitrogen and oxygen atoms in total. The minimum Gasteiger partial charge on any atom is -0.497 e. The molecule has 6 heteroatoms. The first-order chi connectivity index (χ1) is 13.8. The molecule has 0 saturated carbocycles. The minimum atomic E-state index is -0.00607. The molecular weight excluding hydrogens is 354 g/mol. The van der Waals surface area contributed by atoms with Crippen LogP contribution in [0.15, 0.2) is 52.1 Å². The molecule has 1 aliphatic rings. The predicted octanol–water partition coefficient (Wildman–Crippen LogP) is 3.13. The fourth-order valence-corrected chi connectivity index (χ4v) is 3.58. The molecule has 2 aromatic rings. The molecule has 1 aromatic heterocycles. The number of hydrogen-bond acceptors (Lipinski definition) is 4. The van der Waals surface area contributed by atoms with Crippen molar-refractivity contribution in [2.45, 2.75) is 31.6 Å². The van der Waals surface area contributed by atoms with Crippen molar-refractivity contribution in [3.63, 3.8) is 0 Å². The number of furan rings is 1. The predicted molar refractivity (Wildman–Crippen MR) is 111 cm³/mol. The molecular formula is C22H31N3O3. The molecule has 1 fully saturated rings. The van der Waals surface area contributed by atoms with Gasteiger partial charge in [0.2, 0.25) is 0 Å². The molecule has 1 saturated heterocycles. The molecule has 3 rings (SSSR count). The van der Waals surface area contributed by atoms with Gasteiger partial charge in [0.15, 0.2) is 5.96 Å². The van der Waals surface area contributed by atoms with Crippen molar-refractivity contribution >= 4 is 5.96 Å². The Labute approximate surface area is 167 Å². The summed E-state index contributed by atoms with van der Waals surface area (Å²) in [6.45, 7) is 5.94. The van der Waals surface area contributed by atoms with Crippen LogP contribution in [0.25, 0.3) is 0 Å². The Morgan fingerprint density at radius 1 is 1.14 bits per heavy atom. The van der Waals surface area contributed by atoms with E-state index < -0.39 is 0 Å². The van der Waals surface area contributed by atoms with Crippen LogP contribution in [0.5, 0.6) is 5.75 Å². The summed E-state index contributed by atoms with van der Waals surface area (Å²) in [6.07, 6.45) is 4.47. The van der Waals surface area contributed by atoms with E-state index in [1.54, 1.807) is 13.4 Å². The van der Waals surface area contributed by atoms with E-state index >= 15 is 0 Å². The Morgan fingerprint density at radius 3 is 2.57 bits per heavy atom. The Morgan fingerprint density at radius 2 is 1.93 bits per heavy atom. The maximum absolute atomic E-state index is 5.64. The Bertz CT molecular complexity index is 720. The number of benzene rings is 1. The number of ether oxygens (including phenoxy) is 2. The van der Waals surface area contributed by atoms with Crippen molar-refractivity contribution in [3.05, 3.63) is 54.0 Å². The van der Waals surface area contributed by atoms with Gasteiger partial charge in [0, 0.05) is 38.1 Å². The molecule has 0 atom stereocenters. The first-order valence-corrected chi connectivity index (χ1v) is 10.0. The van der Waals surface area contributed by atoms with E-state index in [0.717, 1.165) is 69.6 Å². The maximum Gasteiger partial charge on any atom is 0.191 e. The van der Waals surface area contributed by atoms with Crippen molar-refractivity contribution < 1.29 is 13.9 Å². The van der Waals surface area contributed by atoms with Gasteiger partial charge in [-0.05, 0) is 49.6 Å². The lowest BCUT2D eigenvalue weighted by Gasteiger charge is -2.36. The van der Waals surface area contributed by atoms with E-state index in [0.29, 0.717) is 0 Å². The molecule has 0 radical (unpaired) electrons. The van der Waals surface area contributed by atoms with Gasteiger partial charge in [0.1, 0.15) is 11.5 Å². The Balaban J connectivity index is 1.69. The van der Waals surface area contributed by atoms with E-state index in [-0.39, 0.29) is 5.41 Å². The second kappa shape index (κ2) is 10.2. The number of aliphatic imine (C=N–C) groups is 1. The monoisotopic (exact) mass is 385 g/mol. The number of methoxy groups -OCH3 is 1. The third-order valence-corrected chi connectivity index (χ3v) is 5.28. The number of rotatable bonds is 8. The first-order valence-electron chi connectivity index (χ1n) is 10.0. The summed E-state index contributed by atoms with van der Waals surface area (Å²) < 4.78 is 16.4. The molecule has 2 N–H and O–H groups in total. The third-order valence-electron chi connectivity index (χ3n) is 5.28. The summed E-state index contributed by atoms with van der Waals surface area (Å²) in [6, 6.07) is 12.3. The normalized spacial score (nSPS) is 16.6. The average molecular weight is 386 g/mol. The van der Waals surface area contributed by atoms with Crippen LogP contribution >= 0.6 is 0 Å². The van der Waals surface area contributed by atoms with Crippen LogP contribution in [0.1, 0.15) is 31.1 Å². The Hall–Kier alpha value is -2.47. The molecule has 1 aromatic carbocycles. The molecule has 0 spiro atoms. The van der Waals surface area contributed by atoms with Crippen LogP contribution in [-0.4, -0.2) is 45.9 Å². The standard InChI is InChI=1S/C22H31N3O3/c1-3-23-21(24-13-10-20-5-4-14-28-20)25-17-22(11-15-27-16-12-22)18-6-8-19(26-2)9-7-18/h4-9,14H,3,10-13,15-17H2,1-2H3,(H2,23,24,25). The van der Waals surface area contributed by atoms with Crippen LogP contribution in [0, 0.1) is 0 Å². The van der Waals surface area contributed by atoms with Crippen molar-refractivity contribution in [2.24, 2.45) is 4.99 Å². The highest BCUT2D eigenvalue weighted by Gasteiger charge is 2.34. The minimum absolute atomic E-state index is 0.00607. The summed E-state index contributed by atoms with van der Waals surface area (Å²) in [5, 5.41) is 6.76. The van der Waals surface area contributed by atoms with Gasteiger partial charge in [-0.3, -0.25) is 4.99 Å². The lowest BCUT2D eigenvalue weighted by Crippen LogP contribution is -2.41. The molecule has 0 bridgehead atoms. The smallest absolute Gasteiger partial charge is 0.191 e. The zero-order chi connectivity index (χ0) is 19.7. The van der Waals surface area contributed by atoms with Crippen LogP contribution in [0.4, 0.5) is 0 Å². The van der Waals surface area contributed by atoms with Gasteiger partial charge in [0.05, 0.1) is 19.9 Å². The summed E-state index contributed by atoms with van der Waals surface area (Å²) in [5.41, 5.74) is 1.29. The quantitative estimate of drug-likeness (QED) is 0.540. The number of hydrogen-bond donors (Lipinski definition) is 2. The SMILES string of the molecule is CCNC(=NCC1(c2ccc(OC)cc2)CCOCC1)NCCc1ccco1. The van der Waals surface area contributed by atoms with Gasteiger partial charge in [-0.2, -0.15) is 0 Å². The van der Waals surface area contributed by atoms with Gasteiger partial charge < -0.3 is 24.5 Å².